The Morgan fingerprint density at radius 2 is 2.06 bits per heavy atom. The summed E-state index contributed by atoms with van der Waals surface area (Å²) in [5, 5.41) is 8.37. The van der Waals surface area contributed by atoms with Crippen molar-refractivity contribution in [2.24, 2.45) is 5.14 Å². The summed E-state index contributed by atoms with van der Waals surface area (Å²) < 4.78 is 22.5. The molecule has 2 aromatic rings. The maximum atomic E-state index is 11.8. The summed E-state index contributed by atoms with van der Waals surface area (Å²) >= 11 is 1.37. The number of primary sulfonamides is 1. The lowest BCUT2D eigenvalue weighted by Gasteiger charge is -2.01. The third-order valence-electron chi connectivity index (χ3n) is 2.32. The molecule has 0 fully saturated rings. The molecule has 1 heterocycles. The zero-order valence-electron chi connectivity index (χ0n) is 9.42. The summed E-state index contributed by atoms with van der Waals surface area (Å²) in [6.45, 7) is 0.0198. The van der Waals surface area contributed by atoms with Gasteiger partial charge in [-0.2, -0.15) is 0 Å². The number of hydrogen-bond donors (Lipinski definition) is 2. The molecule has 1 aromatic carbocycles. The van der Waals surface area contributed by atoms with Gasteiger partial charge in [0.15, 0.2) is 0 Å². The molecule has 3 N–H and O–H groups in total. The maximum Gasteiger partial charge on any atom is 0.261 e. The highest BCUT2D eigenvalue weighted by Crippen LogP contribution is 2.24. The fourth-order valence-corrected chi connectivity index (χ4v) is 2.85. The lowest BCUT2D eigenvalue weighted by molar-refractivity contribution is 0.0960. The van der Waals surface area contributed by atoms with Crippen molar-refractivity contribution in [3.05, 3.63) is 35.2 Å². The van der Waals surface area contributed by atoms with E-state index in [1.807, 2.05) is 24.3 Å². The number of benzene rings is 1. The second-order valence-corrected chi connectivity index (χ2v) is 6.59. The summed E-state index contributed by atoms with van der Waals surface area (Å²) in [4.78, 5) is 12.3. The van der Waals surface area contributed by atoms with Crippen LogP contribution in [0.1, 0.15) is 9.67 Å². The zero-order chi connectivity index (χ0) is 13.2. The van der Waals surface area contributed by atoms with Crippen LogP contribution in [-0.4, -0.2) is 26.6 Å². The van der Waals surface area contributed by atoms with E-state index in [0.29, 0.717) is 4.88 Å². The first-order chi connectivity index (χ1) is 8.46. The van der Waals surface area contributed by atoms with Crippen LogP contribution in [-0.2, 0) is 10.0 Å². The monoisotopic (exact) mass is 284 g/mol. The van der Waals surface area contributed by atoms with Gasteiger partial charge in [-0.1, -0.05) is 18.2 Å². The van der Waals surface area contributed by atoms with Gasteiger partial charge in [0.2, 0.25) is 10.0 Å². The first kappa shape index (κ1) is 13.0. The third kappa shape index (κ3) is 3.28. The number of thiophene rings is 1. The summed E-state index contributed by atoms with van der Waals surface area (Å²) in [6.07, 6.45) is 0. The Morgan fingerprint density at radius 1 is 1.33 bits per heavy atom. The standard InChI is InChI=1S/C11H12N2O3S2/c12-18(15,16)6-5-13-11(14)10-7-8-3-1-2-4-9(8)17-10/h1-4,7H,5-6H2,(H,13,14)(H2,12,15,16). The normalized spacial score (nSPS) is 11.6. The van der Waals surface area contributed by atoms with Crippen LogP contribution >= 0.6 is 11.3 Å². The molecule has 2 rings (SSSR count). The van der Waals surface area contributed by atoms with Crippen molar-refractivity contribution >= 4 is 37.4 Å². The lowest BCUT2D eigenvalue weighted by atomic mass is 10.2. The minimum Gasteiger partial charge on any atom is -0.350 e. The number of rotatable bonds is 4. The summed E-state index contributed by atoms with van der Waals surface area (Å²) in [6, 6.07) is 9.44. The van der Waals surface area contributed by atoms with Crippen molar-refractivity contribution in [2.45, 2.75) is 0 Å². The van der Waals surface area contributed by atoms with Crippen molar-refractivity contribution in [1.82, 2.24) is 5.32 Å². The van der Waals surface area contributed by atoms with Crippen molar-refractivity contribution in [2.75, 3.05) is 12.3 Å². The minimum atomic E-state index is -3.54. The van der Waals surface area contributed by atoms with Crippen LogP contribution in [0.5, 0.6) is 0 Å². The smallest absolute Gasteiger partial charge is 0.261 e. The number of nitrogens with two attached hydrogens (primary N) is 1. The zero-order valence-corrected chi connectivity index (χ0v) is 11.1. The molecule has 0 aliphatic carbocycles. The molecule has 0 saturated heterocycles. The van der Waals surface area contributed by atoms with E-state index in [2.05, 4.69) is 5.32 Å². The number of carbonyl (C=O) groups excluding carboxylic acids is 1. The second kappa shape index (κ2) is 5.05. The molecule has 96 valence electrons. The minimum absolute atomic E-state index is 0.0198. The van der Waals surface area contributed by atoms with Gasteiger partial charge in [0.1, 0.15) is 0 Å². The Morgan fingerprint density at radius 3 is 2.72 bits per heavy atom. The molecule has 1 amide bonds. The van der Waals surface area contributed by atoms with Gasteiger partial charge >= 0.3 is 0 Å². The van der Waals surface area contributed by atoms with Crippen LogP contribution in [0.25, 0.3) is 10.1 Å². The van der Waals surface area contributed by atoms with Crippen LogP contribution in [0.3, 0.4) is 0 Å². The third-order valence-corrected chi connectivity index (χ3v) is 4.21. The Kier molecular flexibility index (Phi) is 3.65. The first-order valence-corrected chi connectivity index (χ1v) is 7.76. The van der Waals surface area contributed by atoms with Crippen LogP contribution in [0.4, 0.5) is 0 Å². The summed E-state index contributed by atoms with van der Waals surface area (Å²) in [5.74, 6) is -0.538. The highest BCUT2D eigenvalue weighted by Gasteiger charge is 2.10. The summed E-state index contributed by atoms with van der Waals surface area (Å²) in [7, 11) is -3.54. The molecule has 7 heteroatoms. The van der Waals surface area contributed by atoms with Crippen molar-refractivity contribution < 1.29 is 13.2 Å². The molecule has 18 heavy (non-hydrogen) atoms. The lowest BCUT2D eigenvalue weighted by Crippen LogP contribution is -2.31. The molecular formula is C11H12N2O3S2. The molecule has 0 aliphatic rings. The predicted molar refractivity (Wildman–Crippen MR) is 72.1 cm³/mol. The van der Waals surface area contributed by atoms with E-state index in [1.165, 1.54) is 11.3 Å². The molecule has 0 spiro atoms. The van der Waals surface area contributed by atoms with E-state index in [4.69, 9.17) is 5.14 Å². The van der Waals surface area contributed by atoms with E-state index in [-0.39, 0.29) is 18.2 Å². The molecule has 0 radical (unpaired) electrons. The van der Waals surface area contributed by atoms with Crippen molar-refractivity contribution in [3.63, 3.8) is 0 Å². The number of amides is 1. The largest absolute Gasteiger partial charge is 0.350 e. The molecule has 0 saturated carbocycles. The number of nitrogens with one attached hydrogen (secondary N) is 1. The quantitative estimate of drug-likeness (QED) is 0.875. The van der Waals surface area contributed by atoms with Gasteiger partial charge in [-0.05, 0) is 17.5 Å². The highest BCUT2D eigenvalue weighted by molar-refractivity contribution is 7.89. The Balaban J connectivity index is 2.05. The summed E-state index contributed by atoms with van der Waals surface area (Å²) in [5.41, 5.74) is 0. The van der Waals surface area contributed by atoms with Crippen molar-refractivity contribution in [3.8, 4) is 0 Å². The fraction of sp³-hybridized carbons (Fsp3) is 0.182. The maximum absolute atomic E-state index is 11.8. The van der Waals surface area contributed by atoms with E-state index in [9.17, 15) is 13.2 Å². The molecule has 1 aromatic heterocycles. The van der Waals surface area contributed by atoms with Crippen LogP contribution < -0.4 is 10.5 Å². The Bertz CT molecular complexity index is 643. The Hall–Kier alpha value is -1.44. The molecule has 0 aliphatic heterocycles. The van der Waals surface area contributed by atoms with E-state index >= 15 is 0 Å². The van der Waals surface area contributed by atoms with E-state index in [1.54, 1.807) is 6.07 Å². The molecule has 0 bridgehead atoms. The predicted octanol–water partition coefficient (Wildman–Crippen LogP) is 0.920. The van der Waals surface area contributed by atoms with Gasteiger partial charge in [-0.15, -0.1) is 11.3 Å². The van der Waals surface area contributed by atoms with E-state index < -0.39 is 10.0 Å². The molecule has 0 atom stereocenters. The van der Waals surface area contributed by atoms with Gasteiger partial charge in [0.05, 0.1) is 10.6 Å². The Labute approximate surface area is 109 Å². The van der Waals surface area contributed by atoms with Gasteiger partial charge in [-0.25, -0.2) is 13.6 Å². The molecular weight excluding hydrogens is 272 g/mol. The van der Waals surface area contributed by atoms with Crippen LogP contribution in [0.15, 0.2) is 30.3 Å². The SMILES string of the molecule is NS(=O)(=O)CCNC(=O)c1cc2ccccc2s1. The fourth-order valence-electron chi connectivity index (χ4n) is 1.49. The number of sulfonamides is 1. The van der Waals surface area contributed by atoms with Gasteiger partial charge < -0.3 is 5.32 Å². The van der Waals surface area contributed by atoms with Crippen molar-refractivity contribution in [1.29, 1.82) is 0 Å². The average Bonchev–Trinajstić information content (AvgIpc) is 2.70. The number of carbonyl (C=O) groups is 1. The molecule has 5 nitrogen and oxygen atoms in total. The van der Waals surface area contributed by atoms with Crippen LogP contribution in [0, 0.1) is 0 Å². The number of fused-ring (bicyclic) bond motifs is 1. The highest BCUT2D eigenvalue weighted by atomic mass is 32.2. The topological polar surface area (TPSA) is 89.3 Å². The van der Waals surface area contributed by atoms with Gasteiger partial charge in [0.25, 0.3) is 5.91 Å². The van der Waals surface area contributed by atoms with Gasteiger partial charge in [0, 0.05) is 11.2 Å². The second-order valence-electron chi connectivity index (χ2n) is 3.77. The number of hydrogen-bond acceptors (Lipinski definition) is 4. The average molecular weight is 284 g/mol. The van der Waals surface area contributed by atoms with E-state index in [0.717, 1.165) is 10.1 Å². The molecule has 0 unspecified atom stereocenters. The van der Waals surface area contributed by atoms with Crippen LogP contribution in [0.2, 0.25) is 0 Å². The first-order valence-electron chi connectivity index (χ1n) is 5.23. The van der Waals surface area contributed by atoms with Gasteiger partial charge in [-0.3, -0.25) is 4.79 Å².